The molecular weight excluding hydrogens is 336 g/mol. The Labute approximate surface area is 131 Å². The summed E-state index contributed by atoms with van der Waals surface area (Å²) in [6.07, 6.45) is -1.15. The molecule has 0 radical (unpaired) electrons. The number of likely N-dealkylation sites (N-methyl/N-ethyl adjacent to an activating group) is 1. The fourth-order valence-corrected chi connectivity index (χ4v) is 3.47. The van der Waals surface area contributed by atoms with Crippen LogP contribution in [0.25, 0.3) is 0 Å². The molecule has 1 amide bonds. The molecule has 0 aliphatic carbocycles. The van der Waals surface area contributed by atoms with E-state index in [1.54, 1.807) is 0 Å². The summed E-state index contributed by atoms with van der Waals surface area (Å²) < 4.78 is 31.6. The van der Waals surface area contributed by atoms with Gasteiger partial charge in [-0.2, -0.15) is 0 Å². The summed E-state index contributed by atoms with van der Waals surface area (Å²) in [7, 11) is -2.49. The van der Waals surface area contributed by atoms with E-state index in [0.717, 1.165) is 6.07 Å². The molecule has 120 valence electrons. The van der Waals surface area contributed by atoms with Gasteiger partial charge < -0.3 is 14.7 Å². The normalized spacial score (nSPS) is 18.4. The number of nitrogens with one attached hydrogen (secondary N) is 1. The van der Waals surface area contributed by atoms with Gasteiger partial charge in [0.25, 0.3) is 0 Å². The van der Waals surface area contributed by atoms with Gasteiger partial charge in [0.2, 0.25) is 10.0 Å². The highest BCUT2D eigenvalue weighted by molar-refractivity contribution is 7.89. The van der Waals surface area contributed by atoms with Crippen molar-refractivity contribution >= 4 is 33.7 Å². The van der Waals surface area contributed by atoms with Gasteiger partial charge in [-0.3, -0.25) is 0 Å². The third kappa shape index (κ3) is 3.49. The molecule has 1 saturated heterocycles. The molecule has 0 bridgehead atoms. The molecule has 0 saturated carbocycles. The second-order valence-electron chi connectivity index (χ2n) is 4.69. The monoisotopic (exact) mass is 348 g/mol. The predicted octanol–water partition coefficient (Wildman–Crippen LogP) is 0.767. The highest BCUT2D eigenvalue weighted by atomic mass is 35.5. The second kappa shape index (κ2) is 6.11. The van der Waals surface area contributed by atoms with Crippen LogP contribution in [0, 0.1) is 0 Å². The first-order valence-corrected chi connectivity index (χ1v) is 8.01. The first kappa shape index (κ1) is 16.5. The molecule has 2 rings (SSSR count). The molecule has 1 fully saturated rings. The standard InChI is InChI=1S/C12H13ClN2O6S/c1-15-6-8(21-12(15)18)5-14-22(19,20)10-4-7(11(16)17)2-3-9(10)13/h2-4,8,14H,5-6H2,1H3,(H,16,17). The maximum absolute atomic E-state index is 12.2. The summed E-state index contributed by atoms with van der Waals surface area (Å²) >= 11 is 5.82. The van der Waals surface area contributed by atoms with E-state index < -0.39 is 28.2 Å². The number of nitrogens with zero attached hydrogens (tertiary/aromatic N) is 1. The zero-order valence-electron chi connectivity index (χ0n) is 11.4. The average Bonchev–Trinajstić information content (AvgIpc) is 2.76. The lowest BCUT2D eigenvalue weighted by molar-refractivity contribution is 0.0696. The van der Waals surface area contributed by atoms with Gasteiger partial charge in [-0.15, -0.1) is 0 Å². The molecule has 0 aromatic heterocycles. The quantitative estimate of drug-likeness (QED) is 0.812. The lowest BCUT2D eigenvalue weighted by Crippen LogP contribution is -2.34. The lowest BCUT2D eigenvalue weighted by Gasteiger charge is -2.12. The Bertz CT molecular complexity index is 720. The molecule has 1 aromatic carbocycles. The number of cyclic esters (lactones) is 1. The second-order valence-corrected chi connectivity index (χ2v) is 6.83. The Balaban J connectivity index is 2.15. The largest absolute Gasteiger partial charge is 0.478 e. The van der Waals surface area contributed by atoms with Gasteiger partial charge in [0.15, 0.2) is 0 Å². The van der Waals surface area contributed by atoms with E-state index in [-0.39, 0.29) is 28.6 Å². The summed E-state index contributed by atoms with van der Waals surface area (Å²) in [5.41, 5.74) is -0.197. The number of amides is 1. The van der Waals surface area contributed by atoms with Gasteiger partial charge in [-0.05, 0) is 18.2 Å². The van der Waals surface area contributed by atoms with E-state index in [2.05, 4.69) is 4.72 Å². The number of rotatable bonds is 5. The van der Waals surface area contributed by atoms with Crippen molar-refractivity contribution in [3.8, 4) is 0 Å². The van der Waals surface area contributed by atoms with Crippen molar-refractivity contribution < 1.29 is 27.9 Å². The molecule has 1 aromatic rings. The van der Waals surface area contributed by atoms with Crippen molar-refractivity contribution in [1.82, 2.24) is 9.62 Å². The number of hydrogen-bond donors (Lipinski definition) is 2. The summed E-state index contributed by atoms with van der Waals surface area (Å²) in [6.45, 7) is 0.121. The van der Waals surface area contributed by atoms with Gasteiger partial charge in [0, 0.05) is 13.6 Å². The van der Waals surface area contributed by atoms with Crippen molar-refractivity contribution in [2.45, 2.75) is 11.0 Å². The third-order valence-corrected chi connectivity index (χ3v) is 4.93. The number of ether oxygens (including phenoxy) is 1. The van der Waals surface area contributed by atoms with Crippen molar-refractivity contribution in [3.05, 3.63) is 28.8 Å². The van der Waals surface area contributed by atoms with E-state index >= 15 is 0 Å². The summed E-state index contributed by atoms with van der Waals surface area (Å²) in [5.74, 6) is -1.26. The third-order valence-electron chi connectivity index (χ3n) is 3.03. The van der Waals surface area contributed by atoms with Crippen molar-refractivity contribution in [2.75, 3.05) is 20.1 Å². The zero-order valence-corrected chi connectivity index (χ0v) is 13.0. The Morgan fingerprint density at radius 1 is 1.55 bits per heavy atom. The highest BCUT2D eigenvalue weighted by Gasteiger charge is 2.30. The number of halogens is 1. The number of hydrogen-bond acceptors (Lipinski definition) is 5. The number of aromatic carboxylic acids is 1. The minimum atomic E-state index is -4.02. The SMILES string of the molecule is CN1CC(CNS(=O)(=O)c2cc(C(=O)O)ccc2Cl)OC1=O. The fourth-order valence-electron chi connectivity index (χ4n) is 1.88. The number of carbonyl (C=O) groups excluding carboxylic acids is 1. The molecule has 0 spiro atoms. The Morgan fingerprint density at radius 3 is 2.77 bits per heavy atom. The Morgan fingerprint density at radius 2 is 2.23 bits per heavy atom. The topological polar surface area (TPSA) is 113 Å². The molecule has 1 heterocycles. The van der Waals surface area contributed by atoms with Crippen LogP contribution in [0.4, 0.5) is 4.79 Å². The summed E-state index contributed by atoms with van der Waals surface area (Å²) in [6, 6.07) is 3.38. The Hall–Kier alpha value is -1.84. The minimum Gasteiger partial charge on any atom is -0.478 e. The molecule has 1 aliphatic heterocycles. The fraction of sp³-hybridized carbons (Fsp3) is 0.333. The van der Waals surface area contributed by atoms with Crippen LogP contribution in [-0.4, -0.2) is 56.7 Å². The number of sulfonamides is 1. The molecule has 1 aliphatic rings. The van der Waals surface area contributed by atoms with Gasteiger partial charge in [0.05, 0.1) is 17.1 Å². The molecule has 2 N–H and O–H groups in total. The van der Waals surface area contributed by atoms with E-state index in [9.17, 15) is 18.0 Å². The number of carboxylic acid groups (broad SMARTS) is 1. The zero-order chi connectivity index (χ0) is 16.5. The number of carboxylic acids is 1. The highest BCUT2D eigenvalue weighted by Crippen LogP contribution is 2.23. The van der Waals surface area contributed by atoms with E-state index in [0.29, 0.717) is 0 Å². The number of carbonyl (C=O) groups is 2. The summed E-state index contributed by atoms with van der Waals surface area (Å²) in [5, 5.41) is 8.81. The van der Waals surface area contributed by atoms with Crippen LogP contribution in [0.2, 0.25) is 5.02 Å². The molecule has 8 nitrogen and oxygen atoms in total. The van der Waals surface area contributed by atoms with Crippen LogP contribution in [-0.2, 0) is 14.8 Å². The molecule has 1 unspecified atom stereocenters. The van der Waals surface area contributed by atoms with Crippen LogP contribution in [0.3, 0.4) is 0 Å². The first-order valence-electron chi connectivity index (χ1n) is 6.15. The maximum Gasteiger partial charge on any atom is 0.410 e. The lowest BCUT2D eigenvalue weighted by atomic mass is 10.2. The smallest absolute Gasteiger partial charge is 0.410 e. The van der Waals surface area contributed by atoms with E-state index in [1.807, 2.05) is 0 Å². The molecule has 22 heavy (non-hydrogen) atoms. The van der Waals surface area contributed by atoms with Gasteiger partial charge in [0.1, 0.15) is 11.0 Å². The van der Waals surface area contributed by atoms with Crippen LogP contribution in [0.1, 0.15) is 10.4 Å². The molecule has 10 heteroatoms. The van der Waals surface area contributed by atoms with Crippen LogP contribution in [0.5, 0.6) is 0 Å². The number of benzene rings is 1. The molecule has 1 atom stereocenters. The van der Waals surface area contributed by atoms with Crippen LogP contribution in [0.15, 0.2) is 23.1 Å². The van der Waals surface area contributed by atoms with Gasteiger partial charge in [-0.1, -0.05) is 11.6 Å². The van der Waals surface area contributed by atoms with E-state index in [4.69, 9.17) is 21.4 Å². The van der Waals surface area contributed by atoms with Crippen LogP contribution < -0.4 is 4.72 Å². The maximum atomic E-state index is 12.2. The summed E-state index contributed by atoms with van der Waals surface area (Å²) in [4.78, 5) is 23.1. The predicted molar refractivity (Wildman–Crippen MR) is 76.5 cm³/mol. The van der Waals surface area contributed by atoms with E-state index in [1.165, 1.54) is 24.1 Å². The average molecular weight is 349 g/mol. The Kier molecular flexibility index (Phi) is 4.59. The van der Waals surface area contributed by atoms with Crippen LogP contribution >= 0.6 is 11.6 Å². The minimum absolute atomic E-state index is 0.0990. The van der Waals surface area contributed by atoms with Crippen molar-refractivity contribution in [3.63, 3.8) is 0 Å². The van der Waals surface area contributed by atoms with Crippen molar-refractivity contribution in [2.24, 2.45) is 0 Å². The van der Waals surface area contributed by atoms with Gasteiger partial charge >= 0.3 is 12.1 Å². The van der Waals surface area contributed by atoms with Crippen molar-refractivity contribution in [1.29, 1.82) is 0 Å². The molecular formula is C12H13ClN2O6S. The van der Waals surface area contributed by atoms with Gasteiger partial charge in [-0.25, -0.2) is 22.7 Å². The first-order chi connectivity index (χ1) is 10.2.